The number of benzene rings is 2. The number of rotatable bonds is 6. The highest BCUT2D eigenvalue weighted by molar-refractivity contribution is 7.89. The third kappa shape index (κ3) is 4.48. The number of unbranched alkanes of at least 4 members (excludes halogenated alkanes) is 1. The molecule has 6 nitrogen and oxygen atoms in total. The quantitative estimate of drug-likeness (QED) is 0.507. The van der Waals surface area contributed by atoms with E-state index in [0.717, 1.165) is 17.5 Å². The highest BCUT2D eigenvalue weighted by Crippen LogP contribution is 2.31. The number of halogens is 2. The number of carbonyl (C=O) groups excluding carboxylic acids is 1. The van der Waals surface area contributed by atoms with Gasteiger partial charge in [0.05, 0.1) is 25.2 Å². The lowest BCUT2D eigenvalue weighted by Crippen LogP contribution is -2.27. The number of hydrogen-bond acceptors (Lipinski definition) is 4. The average Bonchev–Trinajstić information content (AvgIpc) is 3.04. The van der Waals surface area contributed by atoms with E-state index in [4.69, 9.17) is 23.2 Å². The van der Waals surface area contributed by atoms with Crippen LogP contribution < -0.4 is 4.80 Å². The molecule has 2 aromatic carbocycles. The number of hydrogen-bond donors (Lipinski definition) is 0. The van der Waals surface area contributed by atoms with Crippen molar-refractivity contribution in [3.8, 4) is 0 Å². The zero-order valence-corrected chi connectivity index (χ0v) is 19.9. The van der Waals surface area contributed by atoms with E-state index < -0.39 is 15.9 Å². The van der Waals surface area contributed by atoms with E-state index in [1.54, 1.807) is 24.7 Å². The van der Waals surface area contributed by atoms with Crippen LogP contribution in [0.25, 0.3) is 10.2 Å². The van der Waals surface area contributed by atoms with Crippen molar-refractivity contribution in [1.29, 1.82) is 0 Å². The van der Waals surface area contributed by atoms with Gasteiger partial charge in [-0.1, -0.05) is 47.9 Å². The molecule has 0 aliphatic heterocycles. The number of amides is 1. The molecule has 3 rings (SSSR count). The van der Waals surface area contributed by atoms with Crippen LogP contribution in [0.15, 0.2) is 46.3 Å². The Labute approximate surface area is 189 Å². The van der Waals surface area contributed by atoms with Crippen LogP contribution in [-0.4, -0.2) is 36.8 Å². The molecule has 30 heavy (non-hydrogen) atoms. The molecule has 0 atom stereocenters. The summed E-state index contributed by atoms with van der Waals surface area (Å²) >= 11 is 13.7. The molecule has 10 heteroatoms. The fourth-order valence-electron chi connectivity index (χ4n) is 2.88. The number of aryl methyl sites for hydroxylation is 1. The third-order valence-electron chi connectivity index (χ3n) is 4.69. The monoisotopic (exact) mass is 485 g/mol. The van der Waals surface area contributed by atoms with Crippen LogP contribution in [0.2, 0.25) is 10.0 Å². The van der Waals surface area contributed by atoms with Crippen molar-refractivity contribution in [3.63, 3.8) is 0 Å². The Morgan fingerprint density at radius 3 is 2.47 bits per heavy atom. The lowest BCUT2D eigenvalue weighted by atomic mass is 10.2. The molecule has 0 aliphatic carbocycles. The second-order valence-electron chi connectivity index (χ2n) is 6.77. The molecular formula is C20H21Cl2N3O3S2. The Kier molecular flexibility index (Phi) is 7.04. The summed E-state index contributed by atoms with van der Waals surface area (Å²) in [6.07, 6.45) is 1.69. The van der Waals surface area contributed by atoms with Crippen molar-refractivity contribution in [2.24, 2.45) is 12.0 Å². The van der Waals surface area contributed by atoms with Crippen molar-refractivity contribution in [3.05, 3.63) is 56.8 Å². The van der Waals surface area contributed by atoms with E-state index >= 15 is 0 Å². The molecule has 0 saturated carbocycles. The molecule has 0 aliphatic rings. The molecule has 0 spiro atoms. The molecule has 0 radical (unpaired) electrons. The van der Waals surface area contributed by atoms with Crippen LogP contribution in [0.5, 0.6) is 0 Å². The first kappa shape index (κ1) is 23.0. The van der Waals surface area contributed by atoms with E-state index in [1.165, 1.54) is 39.9 Å². The van der Waals surface area contributed by atoms with Crippen LogP contribution in [0, 0.1) is 0 Å². The SMILES string of the molecule is CCCCN(C)S(=O)(=O)c1ccc(C(=O)N=c2sc3ccc(Cl)c(Cl)c3n2C)cc1. The van der Waals surface area contributed by atoms with Gasteiger partial charge < -0.3 is 4.57 Å². The van der Waals surface area contributed by atoms with Crippen LogP contribution in [-0.2, 0) is 17.1 Å². The van der Waals surface area contributed by atoms with Gasteiger partial charge in [-0.2, -0.15) is 4.99 Å². The van der Waals surface area contributed by atoms with Gasteiger partial charge in [-0.15, -0.1) is 0 Å². The Hall–Kier alpha value is -1.71. The van der Waals surface area contributed by atoms with E-state index in [2.05, 4.69) is 4.99 Å². The standard InChI is InChI=1S/C20H21Cl2N3O3S2/c1-4-5-12-24(2)30(27,28)14-8-6-13(7-9-14)19(26)23-20-25(3)18-16(29-20)11-10-15(21)17(18)22/h6-11H,4-5,12H2,1-3H3. The average molecular weight is 486 g/mol. The smallest absolute Gasteiger partial charge is 0.279 e. The number of fused-ring (bicyclic) bond motifs is 1. The first-order valence-electron chi connectivity index (χ1n) is 9.25. The van der Waals surface area contributed by atoms with Crippen molar-refractivity contribution in [2.75, 3.05) is 13.6 Å². The molecule has 0 N–H and O–H groups in total. The van der Waals surface area contributed by atoms with E-state index in [0.29, 0.717) is 32.5 Å². The molecule has 0 unspecified atom stereocenters. The van der Waals surface area contributed by atoms with Crippen LogP contribution in [0.4, 0.5) is 0 Å². The van der Waals surface area contributed by atoms with Gasteiger partial charge in [-0.05, 0) is 42.8 Å². The Balaban J connectivity index is 1.91. The van der Waals surface area contributed by atoms with Gasteiger partial charge in [0.15, 0.2) is 4.80 Å². The second-order valence-corrected chi connectivity index (χ2v) is 10.6. The van der Waals surface area contributed by atoms with E-state index in [1.807, 2.05) is 13.0 Å². The number of carbonyl (C=O) groups is 1. The van der Waals surface area contributed by atoms with E-state index in [9.17, 15) is 13.2 Å². The zero-order chi connectivity index (χ0) is 22.1. The molecule has 1 amide bonds. The predicted octanol–water partition coefficient (Wildman–Crippen LogP) is 4.71. The van der Waals surface area contributed by atoms with Crippen molar-refractivity contribution >= 4 is 60.7 Å². The summed E-state index contributed by atoms with van der Waals surface area (Å²) in [6, 6.07) is 9.34. The summed E-state index contributed by atoms with van der Waals surface area (Å²) in [5, 5.41) is 0.833. The van der Waals surface area contributed by atoms with Gasteiger partial charge in [0.1, 0.15) is 0 Å². The lowest BCUT2D eigenvalue weighted by molar-refractivity contribution is 0.0998. The molecule has 1 heterocycles. The first-order valence-corrected chi connectivity index (χ1v) is 12.3. The summed E-state index contributed by atoms with van der Waals surface area (Å²) in [5.41, 5.74) is 1.00. The number of sulfonamides is 1. The maximum absolute atomic E-state index is 12.6. The zero-order valence-electron chi connectivity index (χ0n) is 16.7. The number of aromatic nitrogens is 1. The Morgan fingerprint density at radius 1 is 1.17 bits per heavy atom. The molecule has 160 valence electrons. The van der Waals surface area contributed by atoms with Crippen LogP contribution in [0.3, 0.4) is 0 Å². The van der Waals surface area contributed by atoms with Gasteiger partial charge in [0, 0.05) is 26.2 Å². The van der Waals surface area contributed by atoms with Crippen LogP contribution in [0.1, 0.15) is 30.1 Å². The molecule has 0 fully saturated rings. The predicted molar refractivity (Wildman–Crippen MR) is 122 cm³/mol. The third-order valence-corrected chi connectivity index (χ3v) is 8.45. The molecule has 0 bridgehead atoms. The highest BCUT2D eigenvalue weighted by atomic mass is 35.5. The highest BCUT2D eigenvalue weighted by Gasteiger charge is 2.20. The molecular weight excluding hydrogens is 465 g/mol. The van der Waals surface area contributed by atoms with Crippen molar-refractivity contribution in [2.45, 2.75) is 24.7 Å². The van der Waals surface area contributed by atoms with Crippen molar-refractivity contribution < 1.29 is 13.2 Å². The van der Waals surface area contributed by atoms with Gasteiger partial charge in [-0.3, -0.25) is 4.79 Å². The second kappa shape index (κ2) is 9.20. The fraction of sp³-hybridized carbons (Fsp3) is 0.300. The maximum atomic E-state index is 12.6. The minimum atomic E-state index is -3.58. The van der Waals surface area contributed by atoms with E-state index in [-0.39, 0.29) is 4.90 Å². The fourth-order valence-corrected chi connectivity index (χ4v) is 5.61. The Morgan fingerprint density at radius 2 is 1.83 bits per heavy atom. The summed E-state index contributed by atoms with van der Waals surface area (Å²) in [7, 11) is -0.271. The first-order chi connectivity index (χ1) is 14.2. The summed E-state index contributed by atoms with van der Waals surface area (Å²) in [5.74, 6) is -0.470. The minimum absolute atomic E-state index is 0.145. The van der Waals surface area contributed by atoms with Gasteiger partial charge >= 0.3 is 0 Å². The maximum Gasteiger partial charge on any atom is 0.279 e. The van der Waals surface area contributed by atoms with Gasteiger partial charge in [-0.25, -0.2) is 12.7 Å². The summed E-state index contributed by atoms with van der Waals surface area (Å²) < 4.78 is 29.1. The normalized spacial score (nSPS) is 12.8. The number of nitrogens with zero attached hydrogens (tertiary/aromatic N) is 3. The minimum Gasteiger partial charge on any atom is -0.318 e. The van der Waals surface area contributed by atoms with Gasteiger partial charge in [0.2, 0.25) is 10.0 Å². The molecule has 0 saturated heterocycles. The Bertz CT molecular complexity index is 1260. The topological polar surface area (TPSA) is 71.7 Å². The molecule has 3 aromatic rings. The number of thiazole rings is 1. The molecule has 1 aromatic heterocycles. The largest absolute Gasteiger partial charge is 0.318 e. The van der Waals surface area contributed by atoms with Crippen LogP contribution >= 0.6 is 34.5 Å². The lowest BCUT2D eigenvalue weighted by Gasteiger charge is -2.16. The summed E-state index contributed by atoms with van der Waals surface area (Å²) in [4.78, 5) is 17.4. The van der Waals surface area contributed by atoms with Gasteiger partial charge in [0.25, 0.3) is 5.91 Å². The van der Waals surface area contributed by atoms with Crippen molar-refractivity contribution in [1.82, 2.24) is 8.87 Å². The summed E-state index contributed by atoms with van der Waals surface area (Å²) in [6.45, 7) is 2.45.